The summed E-state index contributed by atoms with van der Waals surface area (Å²) < 4.78 is 17.5. The second-order valence-corrected chi connectivity index (χ2v) is 2.45. The molecule has 0 fully saturated rings. The van der Waals surface area contributed by atoms with Gasteiger partial charge in [0.2, 0.25) is 0 Å². The predicted molar refractivity (Wildman–Crippen MR) is 49.7 cm³/mol. The van der Waals surface area contributed by atoms with E-state index in [1.54, 1.807) is 6.07 Å². The Morgan fingerprint density at radius 3 is 2.93 bits per heavy atom. The van der Waals surface area contributed by atoms with Crippen molar-refractivity contribution in [3.8, 4) is 11.8 Å². The lowest BCUT2D eigenvalue weighted by Gasteiger charge is -1.96. The number of methoxy groups -OCH3 is 1. The van der Waals surface area contributed by atoms with Crippen molar-refractivity contribution in [2.75, 3.05) is 12.8 Å². The first kappa shape index (κ1) is 10.1. The molecule has 3 nitrogen and oxygen atoms in total. The van der Waals surface area contributed by atoms with Crippen molar-refractivity contribution in [2.24, 2.45) is 0 Å². The van der Waals surface area contributed by atoms with Gasteiger partial charge in [0, 0.05) is 5.92 Å². The van der Waals surface area contributed by atoms with Gasteiger partial charge in [0.25, 0.3) is 0 Å². The fraction of sp³-hybridized carbons (Fsp3) is 0.100. The van der Waals surface area contributed by atoms with E-state index in [2.05, 4.69) is 16.6 Å². The highest BCUT2D eigenvalue weighted by Crippen LogP contribution is 2.12. The van der Waals surface area contributed by atoms with Crippen LogP contribution in [0, 0.1) is 17.7 Å². The van der Waals surface area contributed by atoms with E-state index in [0.29, 0.717) is 0 Å². The molecule has 0 aliphatic rings. The number of hydrogen-bond acceptors (Lipinski definition) is 3. The van der Waals surface area contributed by atoms with Gasteiger partial charge in [-0.05, 0) is 12.1 Å². The van der Waals surface area contributed by atoms with Gasteiger partial charge < -0.3 is 10.5 Å². The van der Waals surface area contributed by atoms with E-state index in [-0.39, 0.29) is 11.3 Å². The molecule has 0 amide bonds. The lowest BCUT2D eigenvalue weighted by Crippen LogP contribution is -1.96. The molecule has 1 aromatic rings. The number of nitrogens with two attached hydrogens (primary N) is 1. The Balaban J connectivity index is 3.01. The van der Waals surface area contributed by atoms with Crippen molar-refractivity contribution >= 4 is 11.7 Å². The molecule has 0 saturated heterocycles. The number of carbonyl (C=O) groups is 1. The molecule has 1 aromatic carbocycles. The van der Waals surface area contributed by atoms with Crippen molar-refractivity contribution in [3.63, 3.8) is 0 Å². The second kappa shape index (κ2) is 4.28. The van der Waals surface area contributed by atoms with E-state index in [1.807, 2.05) is 0 Å². The minimum Gasteiger partial charge on any atom is -0.459 e. The van der Waals surface area contributed by atoms with E-state index in [0.717, 1.165) is 0 Å². The summed E-state index contributed by atoms with van der Waals surface area (Å²) in [6, 6.07) is 4.40. The van der Waals surface area contributed by atoms with E-state index < -0.39 is 11.8 Å². The van der Waals surface area contributed by atoms with Crippen LogP contribution in [0.3, 0.4) is 0 Å². The van der Waals surface area contributed by atoms with Crippen LogP contribution in [0.2, 0.25) is 0 Å². The van der Waals surface area contributed by atoms with Crippen LogP contribution in [0.5, 0.6) is 0 Å². The molecular weight excluding hydrogens is 185 g/mol. The number of hydrogen-bond donors (Lipinski definition) is 1. The molecule has 0 spiro atoms. The average molecular weight is 193 g/mol. The van der Waals surface area contributed by atoms with Gasteiger partial charge in [-0.3, -0.25) is 0 Å². The zero-order valence-electron chi connectivity index (χ0n) is 7.50. The summed E-state index contributed by atoms with van der Waals surface area (Å²) in [5, 5.41) is 0. The molecular formula is C10H8FNO2. The SMILES string of the molecule is COC(=O)C#Cc1cccc(N)c1F. The van der Waals surface area contributed by atoms with Gasteiger partial charge in [0.1, 0.15) is 0 Å². The molecule has 72 valence electrons. The van der Waals surface area contributed by atoms with Crippen LogP contribution >= 0.6 is 0 Å². The molecule has 1 rings (SSSR count). The summed E-state index contributed by atoms with van der Waals surface area (Å²) in [5.41, 5.74) is 5.38. The molecule has 4 heteroatoms. The van der Waals surface area contributed by atoms with Crippen molar-refractivity contribution in [2.45, 2.75) is 0 Å². The van der Waals surface area contributed by atoms with Gasteiger partial charge in [-0.1, -0.05) is 12.0 Å². The smallest absolute Gasteiger partial charge is 0.384 e. The third-order valence-electron chi connectivity index (χ3n) is 1.51. The van der Waals surface area contributed by atoms with Crippen LogP contribution in [0.15, 0.2) is 18.2 Å². The Kier molecular flexibility index (Phi) is 3.08. The monoisotopic (exact) mass is 193 g/mol. The van der Waals surface area contributed by atoms with E-state index in [1.165, 1.54) is 19.2 Å². The number of ether oxygens (including phenoxy) is 1. The average Bonchev–Trinajstić information content (AvgIpc) is 2.20. The number of carbonyl (C=O) groups excluding carboxylic acids is 1. The highest BCUT2D eigenvalue weighted by molar-refractivity contribution is 5.89. The molecule has 0 radical (unpaired) electrons. The standard InChI is InChI=1S/C10H8FNO2/c1-14-9(13)6-5-7-3-2-4-8(12)10(7)11/h2-4H,12H2,1H3. The fourth-order valence-electron chi connectivity index (χ4n) is 0.816. The molecule has 0 atom stereocenters. The van der Waals surface area contributed by atoms with Crippen LogP contribution in [0.4, 0.5) is 10.1 Å². The number of anilines is 1. The highest BCUT2D eigenvalue weighted by Gasteiger charge is 2.02. The zero-order valence-corrected chi connectivity index (χ0v) is 7.50. The molecule has 0 saturated carbocycles. The minimum atomic E-state index is -0.716. The van der Waals surface area contributed by atoms with Crippen molar-refractivity contribution in [1.82, 2.24) is 0 Å². The molecule has 14 heavy (non-hydrogen) atoms. The molecule has 0 aliphatic carbocycles. The van der Waals surface area contributed by atoms with Crippen molar-refractivity contribution in [1.29, 1.82) is 0 Å². The summed E-state index contributed by atoms with van der Waals surface area (Å²) in [7, 11) is 1.20. The molecule has 0 bridgehead atoms. The second-order valence-electron chi connectivity index (χ2n) is 2.45. The maximum Gasteiger partial charge on any atom is 0.384 e. The quantitative estimate of drug-likeness (QED) is 0.379. The summed E-state index contributed by atoms with van der Waals surface area (Å²) in [4.78, 5) is 10.6. The van der Waals surface area contributed by atoms with Crippen LogP contribution < -0.4 is 5.73 Å². The van der Waals surface area contributed by atoms with Gasteiger partial charge in [0.05, 0.1) is 18.4 Å². The summed E-state index contributed by atoms with van der Waals surface area (Å²) in [6.45, 7) is 0. The molecule has 0 aromatic heterocycles. The van der Waals surface area contributed by atoms with Crippen molar-refractivity contribution < 1.29 is 13.9 Å². The first-order valence-electron chi connectivity index (χ1n) is 3.79. The number of rotatable bonds is 0. The van der Waals surface area contributed by atoms with Crippen LogP contribution in [0.25, 0.3) is 0 Å². The highest BCUT2D eigenvalue weighted by atomic mass is 19.1. The van der Waals surface area contributed by atoms with Gasteiger partial charge in [-0.25, -0.2) is 9.18 Å². The number of esters is 1. The zero-order chi connectivity index (χ0) is 10.6. The maximum absolute atomic E-state index is 13.2. The summed E-state index contributed by atoms with van der Waals surface area (Å²) >= 11 is 0. The number of halogens is 1. The van der Waals surface area contributed by atoms with Crippen molar-refractivity contribution in [3.05, 3.63) is 29.6 Å². The first-order chi connectivity index (χ1) is 6.65. The van der Waals surface area contributed by atoms with Gasteiger partial charge in [-0.15, -0.1) is 0 Å². The number of nitrogen functional groups attached to an aromatic ring is 1. The lowest BCUT2D eigenvalue weighted by molar-refractivity contribution is -0.133. The Hall–Kier alpha value is -2.02. The van der Waals surface area contributed by atoms with Crippen LogP contribution in [-0.4, -0.2) is 13.1 Å². The maximum atomic E-state index is 13.2. The lowest BCUT2D eigenvalue weighted by atomic mass is 10.2. The van der Waals surface area contributed by atoms with Crippen LogP contribution in [0.1, 0.15) is 5.56 Å². The number of benzene rings is 1. The molecule has 0 heterocycles. The predicted octanol–water partition coefficient (Wildman–Crippen LogP) is 0.932. The third-order valence-corrected chi connectivity index (χ3v) is 1.51. The summed E-state index contributed by atoms with van der Waals surface area (Å²) in [5.74, 6) is 3.10. The molecule has 0 aliphatic heterocycles. The minimum absolute atomic E-state index is 0.00154. The van der Waals surface area contributed by atoms with E-state index in [4.69, 9.17) is 5.73 Å². The fourth-order valence-corrected chi connectivity index (χ4v) is 0.816. The Bertz CT molecular complexity index is 418. The Morgan fingerprint density at radius 2 is 2.29 bits per heavy atom. The summed E-state index contributed by atoms with van der Waals surface area (Å²) in [6.07, 6.45) is 0. The topological polar surface area (TPSA) is 52.3 Å². The molecule has 2 N–H and O–H groups in total. The molecule has 0 unspecified atom stereocenters. The third kappa shape index (κ3) is 2.23. The van der Waals surface area contributed by atoms with Crippen LogP contribution in [-0.2, 0) is 9.53 Å². The normalized spacial score (nSPS) is 8.71. The van der Waals surface area contributed by atoms with E-state index >= 15 is 0 Å². The van der Waals surface area contributed by atoms with Gasteiger partial charge in [-0.2, -0.15) is 0 Å². The van der Waals surface area contributed by atoms with Gasteiger partial charge >= 0.3 is 5.97 Å². The van der Waals surface area contributed by atoms with Gasteiger partial charge in [0.15, 0.2) is 5.82 Å². The first-order valence-corrected chi connectivity index (χ1v) is 3.79. The van der Waals surface area contributed by atoms with E-state index in [9.17, 15) is 9.18 Å². The largest absolute Gasteiger partial charge is 0.459 e. The Labute approximate surface area is 80.7 Å². The Morgan fingerprint density at radius 1 is 1.57 bits per heavy atom.